The molecule has 3 rings (SSSR count). The van der Waals surface area contributed by atoms with Gasteiger partial charge in [0.05, 0.1) is 23.9 Å². The van der Waals surface area contributed by atoms with E-state index < -0.39 is 6.10 Å². The number of nitrogens with zero attached hydrogens (tertiary/aromatic N) is 4. The van der Waals surface area contributed by atoms with Crippen LogP contribution in [-0.2, 0) is 13.0 Å². The van der Waals surface area contributed by atoms with Gasteiger partial charge in [-0.1, -0.05) is 0 Å². The largest absolute Gasteiger partial charge is 0.386 e. The lowest BCUT2D eigenvalue weighted by molar-refractivity contribution is 0.168. The van der Waals surface area contributed by atoms with Gasteiger partial charge in [-0.25, -0.2) is 9.97 Å². The van der Waals surface area contributed by atoms with Gasteiger partial charge in [0.15, 0.2) is 4.96 Å². The summed E-state index contributed by atoms with van der Waals surface area (Å²) in [6.45, 7) is 2.84. The highest BCUT2D eigenvalue weighted by Gasteiger charge is 2.15. The van der Waals surface area contributed by atoms with Crippen LogP contribution in [0.3, 0.4) is 0 Å². The Kier molecular flexibility index (Phi) is 2.89. The summed E-state index contributed by atoms with van der Waals surface area (Å²) in [4.78, 5) is 9.50. The van der Waals surface area contributed by atoms with Crippen LogP contribution >= 0.6 is 11.3 Å². The second kappa shape index (κ2) is 4.55. The zero-order valence-corrected chi connectivity index (χ0v) is 10.8. The summed E-state index contributed by atoms with van der Waals surface area (Å²) in [5, 5.41) is 12.2. The van der Waals surface area contributed by atoms with Crippen LogP contribution in [0.1, 0.15) is 24.4 Å². The fraction of sp³-hybridized carbons (Fsp3) is 0.333. The van der Waals surface area contributed by atoms with E-state index >= 15 is 0 Å². The van der Waals surface area contributed by atoms with Crippen molar-refractivity contribution >= 4 is 16.3 Å². The van der Waals surface area contributed by atoms with Gasteiger partial charge in [-0.3, -0.25) is 4.40 Å². The number of aromatic nitrogens is 4. The van der Waals surface area contributed by atoms with Crippen molar-refractivity contribution in [1.29, 1.82) is 0 Å². The number of aliphatic hydroxyl groups excluding tert-OH is 1. The Morgan fingerprint density at radius 1 is 1.50 bits per heavy atom. The lowest BCUT2D eigenvalue weighted by Gasteiger charge is -2.10. The monoisotopic (exact) mass is 262 g/mol. The number of hydrogen-bond acceptors (Lipinski definition) is 4. The zero-order valence-electron chi connectivity index (χ0n) is 10.0. The minimum Gasteiger partial charge on any atom is -0.386 e. The number of imidazole rings is 2. The summed E-state index contributed by atoms with van der Waals surface area (Å²) in [5.41, 5.74) is 1.74. The van der Waals surface area contributed by atoms with Crippen LogP contribution in [0.5, 0.6) is 0 Å². The average molecular weight is 262 g/mol. The molecule has 1 unspecified atom stereocenters. The molecule has 3 heterocycles. The molecule has 94 valence electrons. The van der Waals surface area contributed by atoms with Gasteiger partial charge in [-0.2, -0.15) is 0 Å². The van der Waals surface area contributed by atoms with Crippen LogP contribution in [0.15, 0.2) is 30.3 Å². The van der Waals surface area contributed by atoms with Gasteiger partial charge in [0, 0.05) is 30.7 Å². The summed E-state index contributed by atoms with van der Waals surface area (Å²) >= 11 is 1.59. The van der Waals surface area contributed by atoms with Gasteiger partial charge in [0.25, 0.3) is 0 Å². The van der Waals surface area contributed by atoms with Crippen LogP contribution in [0, 0.1) is 0 Å². The molecule has 0 bridgehead atoms. The van der Waals surface area contributed by atoms with Crippen molar-refractivity contribution in [3.63, 3.8) is 0 Å². The molecule has 1 atom stereocenters. The Hall–Kier alpha value is -1.66. The first-order valence-electron chi connectivity index (χ1n) is 5.87. The third-order valence-electron chi connectivity index (χ3n) is 2.97. The molecule has 0 radical (unpaired) electrons. The van der Waals surface area contributed by atoms with Crippen LogP contribution in [0.4, 0.5) is 0 Å². The van der Waals surface area contributed by atoms with Crippen molar-refractivity contribution in [2.24, 2.45) is 0 Å². The Labute approximate surface area is 108 Å². The Bertz CT molecular complexity index is 625. The molecule has 0 spiro atoms. The Balaban J connectivity index is 1.82. The quantitative estimate of drug-likeness (QED) is 0.781. The minimum atomic E-state index is -0.558. The van der Waals surface area contributed by atoms with Crippen molar-refractivity contribution in [2.75, 3.05) is 0 Å². The van der Waals surface area contributed by atoms with Crippen molar-refractivity contribution in [3.8, 4) is 0 Å². The first-order chi connectivity index (χ1) is 8.78. The van der Waals surface area contributed by atoms with Gasteiger partial charge < -0.3 is 9.67 Å². The first kappa shape index (κ1) is 11.4. The fourth-order valence-electron chi connectivity index (χ4n) is 2.05. The number of fused-ring (bicyclic) bond motifs is 1. The molecule has 6 heteroatoms. The van der Waals surface area contributed by atoms with E-state index in [4.69, 9.17) is 0 Å². The lowest BCUT2D eigenvalue weighted by atomic mass is 10.1. The molecule has 1 N–H and O–H groups in total. The van der Waals surface area contributed by atoms with E-state index in [9.17, 15) is 5.11 Å². The molecule has 0 amide bonds. The smallest absolute Gasteiger partial charge is 0.193 e. The van der Waals surface area contributed by atoms with Gasteiger partial charge in [0.1, 0.15) is 6.10 Å². The predicted molar refractivity (Wildman–Crippen MR) is 69.6 cm³/mol. The maximum Gasteiger partial charge on any atom is 0.193 e. The number of aliphatic hydroxyl groups is 1. The maximum absolute atomic E-state index is 10.2. The normalized spacial score (nSPS) is 13.2. The molecule has 0 saturated carbocycles. The summed E-state index contributed by atoms with van der Waals surface area (Å²) in [7, 11) is 0. The maximum atomic E-state index is 10.2. The summed E-state index contributed by atoms with van der Waals surface area (Å²) in [6, 6.07) is 0. The number of hydrogen-bond donors (Lipinski definition) is 1. The molecule has 0 aliphatic rings. The molecule has 0 aliphatic carbocycles. The minimum absolute atomic E-state index is 0.514. The van der Waals surface area contributed by atoms with Gasteiger partial charge >= 0.3 is 0 Å². The zero-order chi connectivity index (χ0) is 12.5. The van der Waals surface area contributed by atoms with Crippen LogP contribution in [0.25, 0.3) is 4.96 Å². The number of rotatable bonds is 4. The third kappa shape index (κ3) is 1.93. The standard InChI is InChI=1S/C12H14N4OS/c1-2-15-8-13-6-10(15)11(17)5-9-7-16-3-4-18-12(16)14-9/h3-4,6-8,11,17H,2,5H2,1H3. The highest BCUT2D eigenvalue weighted by molar-refractivity contribution is 7.15. The molecule has 3 aromatic heterocycles. The highest BCUT2D eigenvalue weighted by Crippen LogP contribution is 2.19. The van der Waals surface area contributed by atoms with Crippen molar-refractivity contribution in [2.45, 2.75) is 26.0 Å². The molecule has 0 saturated heterocycles. The van der Waals surface area contributed by atoms with Crippen LogP contribution in [-0.4, -0.2) is 24.0 Å². The van der Waals surface area contributed by atoms with E-state index in [0.29, 0.717) is 6.42 Å². The van der Waals surface area contributed by atoms with Crippen LogP contribution < -0.4 is 0 Å². The van der Waals surface area contributed by atoms with Gasteiger partial charge in [-0.15, -0.1) is 11.3 Å². The van der Waals surface area contributed by atoms with Gasteiger partial charge in [-0.05, 0) is 6.92 Å². The molecule has 5 nitrogen and oxygen atoms in total. The molecular formula is C12H14N4OS. The second-order valence-electron chi connectivity index (χ2n) is 4.15. The van der Waals surface area contributed by atoms with E-state index in [1.807, 2.05) is 33.7 Å². The SMILES string of the molecule is CCn1cncc1C(O)Cc1cn2ccsc2n1. The topological polar surface area (TPSA) is 55.3 Å². The van der Waals surface area contributed by atoms with E-state index in [1.54, 1.807) is 23.9 Å². The van der Waals surface area contributed by atoms with Crippen molar-refractivity contribution < 1.29 is 5.11 Å². The molecule has 3 aromatic rings. The van der Waals surface area contributed by atoms with Gasteiger partial charge in [0.2, 0.25) is 0 Å². The molecule has 0 aromatic carbocycles. The Morgan fingerprint density at radius 2 is 2.39 bits per heavy atom. The predicted octanol–water partition coefficient (Wildman–Crippen LogP) is 1.89. The highest BCUT2D eigenvalue weighted by atomic mass is 32.1. The fourth-order valence-corrected chi connectivity index (χ4v) is 2.77. The van der Waals surface area contributed by atoms with Crippen LogP contribution in [0.2, 0.25) is 0 Å². The van der Waals surface area contributed by atoms with E-state index in [0.717, 1.165) is 22.9 Å². The van der Waals surface area contributed by atoms with E-state index in [2.05, 4.69) is 9.97 Å². The van der Waals surface area contributed by atoms with E-state index in [-0.39, 0.29) is 0 Å². The molecule has 18 heavy (non-hydrogen) atoms. The second-order valence-corrected chi connectivity index (χ2v) is 5.02. The number of thiazole rings is 1. The van der Waals surface area contributed by atoms with Crippen molar-refractivity contribution in [1.82, 2.24) is 18.9 Å². The third-order valence-corrected chi connectivity index (χ3v) is 3.74. The average Bonchev–Trinajstić information content (AvgIpc) is 3.02. The molecular weight excluding hydrogens is 248 g/mol. The molecule has 0 fully saturated rings. The first-order valence-corrected chi connectivity index (χ1v) is 6.75. The number of aryl methyl sites for hydroxylation is 1. The summed E-state index contributed by atoms with van der Waals surface area (Å²) < 4.78 is 3.92. The summed E-state index contributed by atoms with van der Waals surface area (Å²) in [6.07, 6.45) is 7.34. The Morgan fingerprint density at radius 3 is 3.17 bits per heavy atom. The molecule has 0 aliphatic heterocycles. The van der Waals surface area contributed by atoms with E-state index in [1.165, 1.54) is 0 Å². The lowest BCUT2D eigenvalue weighted by Crippen LogP contribution is -2.08. The summed E-state index contributed by atoms with van der Waals surface area (Å²) in [5.74, 6) is 0. The van der Waals surface area contributed by atoms with Crippen molar-refractivity contribution in [3.05, 3.63) is 41.7 Å².